The summed E-state index contributed by atoms with van der Waals surface area (Å²) >= 11 is 0. The van der Waals surface area contributed by atoms with E-state index in [0.717, 1.165) is 11.1 Å². The number of carboxylic acids is 2. The molecule has 3 aromatic carbocycles. The van der Waals surface area contributed by atoms with Gasteiger partial charge in [0.15, 0.2) is 0 Å². The average Bonchev–Trinajstić information content (AvgIpc) is 3.26. The fraction of sp³-hybridized carbons (Fsp3) is 0.200. The second-order valence-corrected chi connectivity index (χ2v) is 10.9. The third kappa shape index (κ3) is 6.51. The topological polar surface area (TPSA) is 135 Å². The molecule has 4 aromatic rings. The van der Waals surface area contributed by atoms with Crippen LogP contribution in [0.2, 0.25) is 0 Å². The Morgan fingerprint density at radius 3 is 2.40 bits per heavy atom. The Morgan fingerprint density at radius 1 is 1.02 bits per heavy atom. The number of sulfonamides is 1. The van der Waals surface area contributed by atoms with E-state index >= 15 is 0 Å². The number of carbonyl (C=O) groups is 2. The maximum absolute atomic E-state index is 13.1. The Labute approximate surface area is 232 Å². The van der Waals surface area contributed by atoms with E-state index in [0.29, 0.717) is 28.8 Å². The number of aliphatic carboxylic acids is 1. The Hall–Kier alpha value is -4.59. The third-order valence-electron chi connectivity index (χ3n) is 6.45. The van der Waals surface area contributed by atoms with Gasteiger partial charge in [-0.1, -0.05) is 30.2 Å². The van der Waals surface area contributed by atoms with E-state index in [1.165, 1.54) is 36.4 Å². The smallest absolute Gasteiger partial charge is 0.335 e. The molecule has 40 heavy (non-hydrogen) atoms. The molecule has 0 amide bonds. The van der Waals surface area contributed by atoms with Gasteiger partial charge in [-0.3, -0.25) is 4.79 Å². The van der Waals surface area contributed by atoms with Crippen LogP contribution in [0.5, 0.6) is 5.75 Å². The third-order valence-corrected chi connectivity index (χ3v) is 7.94. The summed E-state index contributed by atoms with van der Waals surface area (Å²) in [6, 6.07) is 16.5. The molecule has 0 aliphatic carbocycles. The predicted octanol–water partition coefficient (Wildman–Crippen LogP) is 4.07. The molecule has 9 nitrogen and oxygen atoms in total. The number of aromatic carboxylic acids is 1. The molecular weight excluding hydrogens is 532 g/mol. The zero-order valence-electron chi connectivity index (χ0n) is 21.9. The summed E-state index contributed by atoms with van der Waals surface area (Å²) in [6.07, 6.45) is 1.55. The molecule has 0 unspecified atom stereocenters. The predicted molar refractivity (Wildman–Crippen MR) is 150 cm³/mol. The summed E-state index contributed by atoms with van der Waals surface area (Å²) in [7, 11) is -4.20. The number of hydrogen-bond donors (Lipinski definition) is 3. The maximum atomic E-state index is 13.1. The summed E-state index contributed by atoms with van der Waals surface area (Å²) in [5.41, 5.74) is 3.36. The molecular formula is C30H28N2O7S. The first-order chi connectivity index (χ1) is 19.1. The van der Waals surface area contributed by atoms with Crippen molar-refractivity contribution >= 4 is 32.9 Å². The van der Waals surface area contributed by atoms with Gasteiger partial charge in [-0.05, 0) is 73.0 Å². The summed E-state index contributed by atoms with van der Waals surface area (Å²) in [5, 5.41) is 20.0. The van der Waals surface area contributed by atoms with Crippen LogP contribution in [0.3, 0.4) is 0 Å². The molecule has 3 N–H and O–H groups in total. The van der Waals surface area contributed by atoms with Gasteiger partial charge in [-0.25, -0.2) is 13.2 Å². The van der Waals surface area contributed by atoms with E-state index in [2.05, 4.69) is 16.6 Å². The highest BCUT2D eigenvalue weighted by Gasteiger charge is 2.27. The van der Waals surface area contributed by atoms with Gasteiger partial charge < -0.3 is 19.5 Å². The zero-order valence-corrected chi connectivity index (χ0v) is 22.7. The monoisotopic (exact) mass is 560 g/mol. The number of nitrogens with zero attached hydrogens (tertiary/aromatic N) is 1. The molecule has 0 saturated heterocycles. The highest BCUT2D eigenvalue weighted by atomic mass is 32.2. The molecule has 1 aromatic heterocycles. The molecule has 10 heteroatoms. The second-order valence-electron chi connectivity index (χ2n) is 9.15. The lowest BCUT2D eigenvalue weighted by Crippen LogP contribution is -2.42. The number of aryl methyl sites for hydroxylation is 1. The van der Waals surface area contributed by atoms with Crippen molar-refractivity contribution in [1.29, 1.82) is 0 Å². The van der Waals surface area contributed by atoms with E-state index < -0.39 is 28.0 Å². The maximum Gasteiger partial charge on any atom is 0.335 e. The lowest BCUT2D eigenvalue weighted by molar-refractivity contribution is -0.138. The number of nitrogens with one attached hydrogen (secondary N) is 1. The van der Waals surface area contributed by atoms with Crippen molar-refractivity contribution in [3.63, 3.8) is 0 Å². The molecule has 0 spiro atoms. The van der Waals surface area contributed by atoms with E-state index in [4.69, 9.17) is 4.74 Å². The number of carboxylic acid groups (broad SMARTS) is 2. The molecule has 0 aliphatic rings. The minimum atomic E-state index is -4.20. The fourth-order valence-electron chi connectivity index (χ4n) is 4.33. The lowest BCUT2D eigenvalue weighted by atomic mass is 10.0. The molecule has 0 fully saturated rings. The molecule has 0 radical (unpaired) electrons. The molecule has 0 saturated carbocycles. The van der Waals surface area contributed by atoms with Gasteiger partial charge in [0.1, 0.15) is 18.4 Å². The molecule has 206 valence electrons. The van der Waals surface area contributed by atoms with Crippen LogP contribution in [-0.4, -0.2) is 47.8 Å². The minimum Gasteiger partial charge on any atom is -0.481 e. The van der Waals surface area contributed by atoms with E-state index in [1.807, 2.05) is 35.8 Å². The number of hydrogen-bond acceptors (Lipinski definition) is 5. The van der Waals surface area contributed by atoms with Crippen LogP contribution in [0.25, 0.3) is 10.9 Å². The summed E-state index contributed by atoms with van der Waals surface area (Å²) in [4.78, 5) is 23.7. The van der Waals surface area contributed by atoms with E-state index in [-0.39, 0.29) is 23.5 Å². The van der Waals surface area contributed by atoms with Gasteiger partial charge in [-0.2, -0.15) is 4.72 Å². The fourth-order valence-corrected chi connectivity index (χ4v) is 5.52. The van der Waals surface area contributed by atoms with Crippen LogP contribution in [0.15, 0.2) is 77.8 Å². The van der Waals surface area contributed by atoms with Crippen LogP contribution in [0.4, 0.5) is 0 Å². The van der Waals surface area contributed by atoms with Crippen LogP contribution in [0.1, 0.15) is 34.0 Å². The van der Waals surface area contributed by atoms with Gasteiger partial charge in [0.05, 0.1) is 10.5 Å². The highest BCUT2D eigenvalue weighted by Crippen LogP contribution is 2.26. The minimum absolute atomic E-state index is 0.0436. The van der Waals surface area contributed by atoms with Gasteiger partial charge in [0.2, 0.25) is 10.0 Å². The second kappa shape index (κ2) is 12.1. The van der Waals surface area contributed by atoms with Crippen LogP contribution in [-0.2, 0) is 27.8 Å². The van der Waals surface area contributed by atoms with Crippen LogP contribution in [0, 0.1) is 18.8 Å². The number of ether oxygens (including phenoxy) is 1. The number of fused-ring (bicyclic) bond motifs is 1. The molecule has 0 bridgehead atoms. The summed E-state index contributed by atoms with van der Waals surface area (Å²) in [5.74, 6) is 3.37. The Bertz CT molecular complexity index is 1730. The Balaban J connectivity index is 1.65. The Morgan fingerprint density at radius 2 is 1.75 bits per heavy atom. The van der Waals surface area contributed by atoms with Crippen molar-refractivity contribution in [2.45, 2.75) is 37.8 Å². The standard InChI is InChI=1S/C30H28N2O7S/c1-3-4-15-39-24-10-12-25(13-11-24)40(37,38)31-27(30(35)36)17-23-19-32(18-22-8-6-5-7-20(22)2)28-14-9-21(29(33)34)16-26(23)28/h5-14,16,19,27,31H,15,17-18H2,1-2H3,(H,33,34)(H,35,36)/t27-/m0/s1. The summed E-state index contributed by atoms with van der Waals surface area (Å²) < 4.78 is 35.8. The number of aromatic nitrogens is 1. The molecule has 1 heterocycles. The van der Waals surface area contributed by atoms with Crippen molar-refractivity contribution in [3.05, 3.63) is 95.2 Å². The van der Waals surface area contributed by atoms with Crippen molar-refractivity contribution in [2.24, 2.45) is 0 Å². The summed E-state index contributed by atoms with van der Waals surface area (Å²) in [6.45, 7) is 4.29. The van der Waals surface area contributed by atoms with Gasteiger partial charge in [0, 0.05) is 30.1 Å². The zero-order chi connectivity index (χ0) is 28.9. The van der Waals surface area contributed by atoms with Crippen LogP contribution >= 0.6 is 0 Å². The first-order valence-electron chi connectivity index (χ1n) is 12.4. The highest BCUT2D eigenvalue weighted by molar-refractivity contribution is 7.89. The first-order valence-corrected chi connectivity index (χ1v) is 13.8. The number of rotatable bonds is 11. The van der Waals surface area contributed by atoms with Gasteiger partial charge in [0.25, 0.3) is 0 Å². The van der Waals surface area contributed by atoms with E-state index in [1.54, 1.807) is 19.2 Å². The van der Waals surface area contributed by atoms with Gasteiger partial charge in [-0.15, -0.1) is 5.92 Å². The van der Waals surface area contributed by atoms with Crippen molar-refractivity contribution in [2.75, 3.05) is 6.61 Å². The average molecular weight is 561 g/mol. The quantitative estimate of drug-likeness (QED) is 0.235. The normalized spacial score (nSPS) is 11.9. The van der Waals surface area contributed by atoms with Crippen LogP contribution < -0.4 is 9.46 Å². The van der Waals surface area contributed by atoms with Gasteiger partial charge >= 0.3 is 11.9 Å². The van der Waals surface area contributed by atoms with Crippen molar-refractivity contribution in [1.82, 2.24) is 9.29 Å². The SMILES string of the molecule is CC#CCOc1ccc(S(=O)(=O)N[C@@H](Cc2cn(Cc3ccccc3C)c3ccc(C(=O)O)cc23)C(=O)O)cc1. The van der Waals surface area contributed by atoms with Crippen molar-refractivity contribution < 1.29 is 33.0 Å². The molecule has 4 rings (SSSR count). The molecule has 1 atom stereocenters. The Kier molecular flexibility index (Phi) is 8.58. The molecule has 0 aliphatic heterocycles. The van der Waals surface area contributed by atoms with E-state index in [9.17, 15) is 28.2 Å². The van der Waals surface area contributed by atoms with Crippen molar-refractivity contribution in [3.8, 4) is 17.6 Å². The number of benzene rings is 3. The lowest BCUT2D eigenvalue weighted by Gasteiger charge is -2.15. The first kappa shape index (κ1) is 28.4. The largest absolute Gasteiger partial charge is 0.481 e.